The number of hydrogen-bond acceptors (Lipinski definition) is 2. The molecule has 122 valence electrons. The summed E-state index contributed by atoms with van der Waals surface area (Å²) < 4.78 is 15.3. The highest BCUT2D eigenvalue weighted by molar-refractivity contribution is 5.71. The molecule has 1 aromatic heterocycles. The molecule has 0 radical (unpaired) electrons. The predicted molar refractivity (Wildman–Crippen MR) is 95.1 cm³/mol. The molecular formula is C20H20FN3. The zero-order valence-corrected chi connectivity index (χ0v) is 13.7. The third-order valence-electron chi connectivity index (χ3n) is 4.49. The molecule has 1 aliphatic heterocycles. The number of aromatic nitrogens is 2. The maximum atomic E-state index is 13.3. The Balaban J connectivity index is 1.90. The molecule has 0 bridgehead atoms. The Labute approximate surface area is 141 Å². The number of rotatable bonds is 2. The molecule has 1 N–H and O–H groups in total. The van der Waals surface area contributed by atoms with E-state index in [9.17, 15) is 4.39 Å². The first-order valence-electron chi connectivity index (χ1n) is 8.41. The molecule has 0 atom stereocenters. The van der Waals surface area contributed by atoms with Crippen LogP contribution in [0.1, 0.15) is 24.0 Å². The molecule has 2 aromatic carbocycles. The first-order valence-corrected chi connectivity index (χ1v) is 8.41. The highest BCUT2D eigenvalue weighted by atomic mass is 19.1. The lowest BCUT2D eigenvalue weighted by Gasteiger charge is -2.09. The van der Waals surface area contributed by atoms with Gasteiger partial charge in [0.15, 0.2) is 0 Å². The molecule has 0 saturated carbocycles. The maximum Gasteiger partial charge on any atom is 0.133 e. The Bertz CT molecular complexity index is 865. The second-order valence-electron chi connectivity index (χ2n) is 6.32. The fourth-order valence-corrected chi connectivity index (χ4v) is 3.29. The summed E-state index contributed by atoms with van der Waals surface area (Å²) in [6, 6.07) is 14.9. The first kappa shape index (κ1) is 14.9. The van der Waals surface area contributed by atoms with Crippen molar-refractivity contribution in [3.63, 3.8) is 0 Å². The minimum atomic E-state index is -0.221. The highest BCUT2D eigenvalue weighted by Crippen LogP contribution is 2.34. The van der Waals surface area contributed by atoms with Gasteiger partial charge in [-0.3, -0.25) is 0 Å². The monoisotopic (exact) mass is 321 g/mol. The van der Waals surface area contributed by atoms with Crippen LogP contribution in [0, 0.1) is 12.7 Å². The number of hydrogen-bond donors (Lipinski definition) is 1. The average molecular weight is 321 g/mol. The summed E-state index contributed by atoms with van der Waals surface area (Å²) in [4.78, 5) is 0. The van der Waals surface area contributed by atoms with Crippen molar-refractivity contribution in [3.8, 4) is 16.9 Å². The quantitative estimate of drug-likeness (QED) is 0.739. The number of halogens is 1. The van der Waals surface area contributed by atoms with Gasteiger partial charge in [0.2, 0.25) is 0 Å². The largest absolute Gasteiger partial charge is 0.370 e. The Morgan fingerprint density at radius 3 is 2.71 bits per heavy atom. The van der Waals surface area contributed by atoms with Crippen molar-refractivity contribution in [2.24, 2.45) is 0 Å². The molecule has 0 saturated heterocycles. The van der Waals surface area contributed by atoms with E-state index in [-0.39, 0.29) is 5.82 Å². The number of aryl methyl sites for hydroxylation is 1. The van der Waals surface area contributed by atoms with Gasteiger partial charge in [0.1, 0.15) is 11.6 Å². The van der Waals surface area contributed by atoms with E-state index in [0.717, 1.165) is 48.6 Å². The molecule has 4 rings (SSSR count). The van der Waals surface area contributed by atoms with E-state index in [0.29, 0.717) is 0 Å². The van der Waals surface area contributed by atoms with Crippen LogP contribution in [0.2, 0.25) is 0 Å². The van der Waals surface area contributed by atoms with E-state index in [2.05, 4.69) is 30.4 Å². The second kappa shape index (κ2) is 6.11. The van der Waals surface area contributed by atoms with Crippen LogP contribution < -0.4 is 5.32 Å². The van der Waals surface area contributed by atoms with Gasteiger partial charge in [-0.2, -0.15) is 5.10 Å². The summed E-state index contributed by atoms with van der Waals surface area (Å²) in [5, 5.41) is 8.42. The topological polar surface area (TPSA) is 29.9 Å². The summed E-state index contributed by atoms with van der Waals surface area (Å²) in [5.74, 6) is 0.846. The smallest absolute Gasteiger partial charge is 0.133 e. The standard InChI is InChI=1S/C20H20FN3/c1-14-5-4-6-17(13-14)24-20-18(7-2-3-12-22-20)19(23-24)15-8-10-16(21)11-9-15/h4-6,8-11,13,22H,2-3,7,12H2,1H3. The van der Waals surface area contributed by atoms with Crippen LogP contribution in [0.5, 0.6) is 0 Å². The van der Waals surface area contributed by atoms with E-state index >= 15 is 0 Å². The number of nitrogens with one attached hydrogen (secondary N) is 1. The summed E-state index contributed by atoms with van der Waals surface area (Å²) in [5.41, 5.74) is 5.38. The zero-order valence-electron chi connectivity index (χ0n) is 13.7. The molecule has 24 heavy (non-hydrogen) atoms. The van der Waals surface area contributed by atoms with Crippen LogP contribution in [0.3, 0.4) is 0 Å². The van der Waals surface area contributed by atoms with Crippen molar-refractivity contribution in [3.05, 3.63) is 65.5 Å². The van der Waals surface area contributed by atoms with Crippen molar-refractivity contribution in [1.29, 1.82) is 0 Å². The van der Waals surface area contributed by atoms with E-state index < -0.39 is 0 Å². The van der Waals surface area contributed by atoms with Crippen LogP contribution >= 0.6 is 0 Å². The Morgan fingerprint density at radius 2 is 1.92 bits per heavy atom. The van der Waals surface area contributed by atoms with Crippen LogP contribution in [0.15, 0.2) is 48.5 Å². The third kappa shape index (κ3) is 2.68. The normalized spacial score (nSPS) is 13.9. The van der Waals surface area contributed by atoms with Crippen molar-refractivity contribution in [1.82, 2.24) is 9.78 Å². The average Bonchev–Trinajstić information content (AvgIpc) is 2.77. The molecule has 1 aliphatic rings. The zero-order chi connectivity index (χ0) is 16.5. The van der Waals surface area contributed by atoms with Crippen molar-refractivity contribution < 1.29 is 4.39 Å². The molecular weight excluding hydrogens is 301 g/mol. The molecule has 0 fully saturated rings. The lowest BCUT2D eigenvalue weighted by Crippen LogP contribution is -2.07. The van der Waals surface area contributed by atoms with Gasteiger partial charge in [0.25, 0.3) is 0 Å². The van der Waals surface area contributed by atoms with Gasteiger partial charge in [0.05, 0.1) is 11.4 Å². The Hall–Kier alpha value is -2.62. The summed E-state index contributed by atoms with van der Waals surface area (Å²) in [7, 11) is 0. The first-order chi connectivity index (χ1) is 11.7. The van der Waals surface area contributed by atoms with Gasteiger partial charge in [-0.1, -0.05) is 12.1 Å². The number of anilines is 1. The fourth-order valence-electron chi connectivity index (χ4n) is 3.29. The molecule has 0 aliphatic carbocycles. The molecule has 3 aromatic rings. The van der Waals surface area contributed by atoms with Gasteiger partial charge >= 0.3 is 0 Å². The van der Waals surface area contributed by atoms with Crippen LogP contribution in [-0.2, 0) is 6.42 Å². The van der Waals surface area contributed by atoms with E-state index in [4.69, 9.17) is 5.10 Å². The van der Waals surface area contributed by atoms with E-state index in [1.54, 1.807) is 0 Å². The van der Waals surface area contributed by atoms with Gasteiger partial charge in [-0.25, -0.2) is 9.07 Å². The SMILES string of the molecule is Cc1cccc(-n2nc(-c3ccc(F)cc3)c3c2NCCCC3)c1. The minimum Gasteiger partial charge on any atom is -0.370 e. The number of fused-ring (bicyclic) bond motifs is 1. The van der Waals surface area contributed by atoms with Crippen LogP contribution in [0.4, 0.5) is 10.2 Å². The van der Waals surface area contributed by atoms with Crippen molar-refractivity contribution >= 4 is 5.82 Å². The molecule has 2 heterocycles. The van der Waals surface area contributed by atoms with E-state index in [1.807, 2.05) is 22.9 Å². The van der Waals surface area contributed by atoms with Crippen molar-refractivity contribution in [2.45, 2.75) is 26.2 Å². The van der Waals surface area contributed by atoms with Gasteiger partial charge in [-0.05, 0) is 68.1 Å². The number of benzene rings is 2. The van der Waals surface area contributed by atoms with Gasteiger partial charge < -0.3 is 5.32 Å². The minimum absolute atomic E-state index is 0.221. The molecule has 4 heteroatoms. The Kier molecular flexibility index (Phi) is 3.81. The molecule has 0 unspecified atom stereocenters. The van der Waals surface area contributed by atoms with Gasteiger partial charge in [0, 0.05) is 17.7 Å². The third-order valence-corrected chi connectivity index (χ3v) is 4.49. The second-order valence-corrected chi connectivity index (χ2v) is 6.32. The van der Waals surface area contributed by atoms with Crippen LogP contribution in [-0.4, -0.2) is 16.3 Å². The molecule has 0 amide bonds. The summed E-state index contributed by atoms with van der Waals surface area (Å²) in [6.45, 7) is 3.04. The molecule has 0 spiro atoms. The number of nitrogens with zero attached hydrogens (tertiary/aromatic N) is 2. The van der Waals surface area contributed by atoms with Crippen LogP contribution in [0.25, 0.3) is 16.9 Å². The van der Waals surface area contributed by atoms with Gasteiger partial charge in [-0.15, -0.1) is 0 Å². The predicted octanol–water partition coefficient (Wildman–Crippen LogP) is 4.74. The maximum absolute atomic E-state index is 13.3. The highest BCUT2D eigenvalue weighted by Gasteiger charge is 2.21. The summed E-state index contributed by atoms with van der Waals surface area (Å²) in [6.07, 6.45) is 3.26. The van der Waals surface area contributed by atoms with Crippen molar-refractivity contribution in [2.75, 3.05) is 11.9 Å². The summed E-state index contributed by atoms with van der Waals surface area (Å²) >= 11 is 0. The molecule has 3 nitrogen and oxygen atoms in total. The lowest BCUT2D eigenvalue weighted by molar-refractivity contribution is 0.628. The Morgan fingerprint density at radius 1 is 1.08 bits per heavy atom. The lowest BCUT2D eigenvalue weighted by atomic mass is 10.0. The van der Waals surface area contributed by atoms with E-state index in [1.165, 1.54) is 23.3 Å². The fraction of sp³-hybridized carbons (Fsp3) is 0.250.